The van der Waals surface area contributed by atoms with Gasteiger partial charge in [-0.3, -0.25) is 0 Å². The first-order valence-corrected chi connectivity index (χ1v) is 2.49. The van der Waals surface area contributed by atoms with E-state index in [0.29, 0.717) is 13.2 Å². The standard InChI is InChI=1S/C5H10N2O/c1-8-4-2-3-7-5-6/h6H,2-4H2,1H3. The second-order valence-corrected chi connectivity index (χ2v) is 1.34. The van der Waals surface area contributed by atoms with Gasteiger partial charge in [0, 0.05) is 13.7 Å². The van der Waals surface area contributed by atoms with Gasteiger partial charge in [0.1, 0.15) is 0 Å². The minimum Gasteiger partial charge on any atom is -0.385 e. The molecule has 0 aromatic rings. The van der Waals surface area contributed by atoms with Gasteiger partial charge in [-0.05, 0) is 6.42 Å². The van der Waals surface area contributed by atoms with E-state index in [4.69, 9.17) is 10.1 Å². The Kier molecular flexibility index (Phi) is 5.82. The van der Waals surface area contributed by atoms with Crippen LogP contribution in [-0.2, 0) is 4.74 Å². The molecule has 0 atom stereocenters. The molecule has 0 aromatic carbocycles. The van der Waals surface area contributed by atoms with Gasteiger partial charge in [-0.2, -0.15) is 0 Å². The Bertz CT molecular complexity index is 86.4. The molecule has 0 rings (SSSR count). The molecule has 0 radical (unpaired) electrons. The van der Waals surface area contributed by atoms with Crippen LogP contribution in [0.25, 0.3) is 0 Å². The predicted octanol–water partition coefficient (Wildman–Crippen LogP) is 0.776. The third-order valence-electron chi connectivity index (χ3n) is 0.697. The van der Waals surface area contributed by atoms with Crippen molar-refractivity contribution >= 4 is 6.01 Å². The van der Waals surface area contributed by atoms with Gasteiger partial charge in [0.05, 0.1) is 12.6 Å². The van der Waals surface area contributed by atoms with Crippen LogP contribution in [0, 0.1) is 5.41 Å². The summed E-state index contributed by atoms with van der Waals surface area (Å²) in [6, 6.07) is 1.95. The SMILES string of the molecule is COCCCN=C=N. The summed E-state index contributed by atoms with van der Waals surface area (Å²) in [4.78, 5) is 3.55. The Hall–Kier alpha value is -0.660. The van der Waals surface area contributed by atoms with Gasteiger partial charge in [0.25, 0.3) is 0 Å². The van der Waals surface area contributed by atoms with Gasteiger partial charge in [-0.25, -0.2) is 10.4 Å². The van der Waals surface area contributed by atoms with Crippen LogP contribution in [0.1, 0.15) is 6.42 Å². The van der Waals surface area contributed by atoms with Crippen molar-refractivity contribution in [3.05, 3.63) is 0 Å². The zero-order valence-corrected chi connectivity index (χ0v) is 4.98. The monoisotopic (exact) mass is 114 g/mol. The van der Waals surface area contributed by atoms with Gasteiger partial charge in [0.2, 0.25) is 0 Å². The molecule has 0 amide bonds. The van der Waals surface area contributed by atoms with E-state index in [1.54, 1.807) is 7.11 Å². The van der Waals surface area contributed by atoms with Crippen molar-refractivity contribution in [3.63, 3.8) is 0 Å². The quantitative estimate of drug-likeness (QED) is 0.426. The molecule has 0 fully saturated rings. The summed E-state index contributed by atoms with van der Waals surface area (Å²) < 4.78 is 4.74. The van der Waals surface area contributed by atoms with E-state index >= 15 is 0 Å². The topological polar surface area (TPSA) is 45.4 Å². The summed E-state index contributed by atoms with van der Waals surface area (Å²) in [5.41, 5.74) is 0. The lowest BCUT2D eigenvalue weighted by Crippen LogP contribution is -1.89. The van der Waals surface area contributed by atoms with Crippen LogP contribution in [0.2, 0.25) is 0 Å². The second kappa shape index (κ2) is 6.34. The molecular weight excluding hydrogens is 104 g/mol. The number of hydrogen-bond acceptors (Lipinski definition) is 3. The van der Waals surface area contributed by atoms with Crippen molar-refractivity contribution < 1.29 is 4.74 Å². The van der Waals surface area contributed by atoms with Crippen LogP contribution >= 0.6 is 0 Å². The Morgan fingerprint density at radius 1 is 1.75 bits per heavy atom. The Balaban J connectivity index is 2.82. The van der Waals surface area contributed by atoms with E-state index < -0.39 is 0 Å². The fourth-order valence-electron chi connectivity index (χ4n) is 0.344. The number of methoxy groups -OCH3 is 1. The van der Waals surface area contributed by atoms with Crippen molar-refractivity contribution in [2.75, 3.05) is 20.3 Å². The van der Waals surface area contributed by atoms with Crippen molar-refractivity contribution in [1.82, 2.24) is 0 Å². The molecular formula is C5H10N2O. The fraction of sp³-hybridized carbons (Fsp3) is 0.800. The van der Waals surface area contributed by atoms with Crippen LogP contribution in [0.5, 0.6) is 0 Å². The van der Waals surface area contributed by atoms with Gasteiger partial charge in [0.15, 0.2) is 0 Å². The summed E-state index contributed by atoms with van der Waals surface area (Å²) in [5, 5.41) is 6.38. The first kappa shape index (κ1) is 7.34. The van der Waals surface area contributed by atoms with Crippen molar-refractivity contribution in [2.24, 2.45) is 4.99 Å². The number of aliphatic imine (C=N–C) groups is 1. The molecule has 0 aliphatic carbocycles. The Morgan fingerprint density at radius 2 is 2.50 bits per heavy atom. The van der Waals surface area contributed by atoms with Gasteiger partial charge in [-0.15, -0.1) is 0 Å². The third kappa shape index (κ3) is 5.34. The normalized spacial score (nSPS) is 8.12. The summed E-state index contributed by atoms with van der Waals surface area (Å²) in [6.07, 6.45) is 0.877. The maximum Gasteiger partial charge on any atom is 0.0861 e. The summed E-state index contributed by atoms with van der Waals surface area (Å²) >= 11 is 0. The number of nitrogens with one attached hydrogen (secondary N) is 1. The highest BCUT2D eigenvalue weighted by Gasteiger charge is 1.78. The molecule has 0 bridgehead atoms. The number of rotatable bonds is 4. The number of hydrogen-bond donors (Lipinski definition) is 1. The molecule has 0 unspecified atom stereocenters. The predicted molar refractivity (Wildman–Crippen MR) is 31.5 cm³/mol. The van der Waals surface area contributed by atoms with Crippen molar-refractivity contribution in [1.29, 1.82) is 5.41 Å². The largest absolute Gasteiger partial charge is 0.385 e. The first-order chi connectivity index (χ1) is 3.91. The smallest absolute Gasteiger partial charge is 0.0861 e. The van der Waals surface area contributed by atoms with Crippen LogP contribution in [-0.4, -0.2) is 26.3 Å². The van der Waals surface area contributed by atoms with E-state index in [1.807, 2.05) is 6.01 Å². The van der Waals surface area contributed by atoms with Gasteiger partial charge >= 0.3 is 0 Å². The molecule has 46 valence electrons. The fourth-order valence-corrected chi connectivity index (χ4v) is 0.344. The Morgan fingerprint density at radius 3 is 3.00 bits per heavy atom. The molecule has 0 saturated heterocycles. The summed E-state index contributed by atoms with van der Waals surface area (Å²) in [5.74, 6) is 0. The molecule has 3 nitrogen and oxygen atoms in total. The highest BCUT2D eigenvalue weighted by molar-refractivity contribution is 5.35. The molecule has 0 aliphatic rings. The summed E-state index contributed by atoms with van der Waals surface area (Å²) in [6.45, 7) is 1.36. The van der Waals surface area contributed by atoms with E-state index in [2.05, 4.69) is 4.99 Å². The highest BCUT2D eigenvalue weighted by atomic mass is 16.5. The lowest BCUT2D eigenvalue weighted by molar-refractivity contribution is 0.197. The minimum absolute atomic E-state index is 0.650. The zero-order chi connectivity index (χ0) is 6.24. The number of ether oxygens (including phenoxy) is 1. The third-order valence-corrected chi connectivity index (χ3v) is 0.697. The second-order valence-electron chi connectivity index (χ2n) is 1.34. The molecule has 8 heavy (non-hydrogen) atoms. The average Bonchev–Trinajstić information content (AvgIpc) is 1.81. The molecule has 0 aromatic heterocycles. The maximum absolute atomic E-state index is 6.38. The van der Waals surface area contributed by atoms with E-state index in [9.17, 15) is 0 Å². The highest BCUT2D eigenvalue weighted by Crippen LogP contribution is 1.78. The van der Waals surface area contributed by atoms with Crippen molar-refractivity contribution in [3.8, 4) is 0 Å². The van der Waals surface area contributed by atoms with Crippen LogP contribution in [0.4, 0.5) is 0 Å². The molecule has 0 saturated carbocycles. The maximum atomic E-state index is 6.38. The zero-order valence-electron chi connectivity index (χ0n) is 4.98. The van der Waals surface area contributed by atoms with Crippen LogP contribution in [0.15, 0.2) is 4.99 Å². The molecule has 0 heterocycles. The lowest BCUT2D eigenvalue weighted by Gasteiger charge is -1.90. The van der Waals surface area contributed by atoms with E-state index in [1.165, 1.54) is 0 Å². The molecule has 1 N–H and O–H groups in total. The van der Waals surface area contributed by atoms with Crippen LogP contribution < -0.4 is 0 Å². The number of nitrogens with zero attached hydrogens (tertiary/aromatic N) is 1. The summed E-state index contributed by atoms with van der Waals surface area (Å²) in [7, 11) is 1.65. The van der Waals surface area contributed by atoms with Crippen molar-refractivity contribution in [2.45, 2.75) is 6.42 Å². The average molecular weight is 114 g/mol. The lowest BCUT2D eigenvalue weighted by atomic mass is 10.5. The molecule has 3 heteroatoms. The molecule has 0 aliphatic heterocycles. The molecule has 0 spiro atoms. The van der Waals surface area contributed by atoms with E-state index in [0.717, 1.165) is 6.42 Å². The Labute approximate surface area is 48.9 Å². The first-order valence-electron chi connectivity index (χ1n) is 2.49. The van der Waals surface area contributed by atoms with Crippen LogP contribution in [0.3, 0.4) is 0 Å². The van der Waals surface area contributed by atoms with E-state index in [-0.39, 0.29) is 0 Å². The van der Waals surface area contributed by atoms with Gasteiger partial charge < -0.3 is 4.74 Å². The van der Waals surface area contributed by atoms with Gasteiger partial charge in [-0.1, -0.05) is 0 Å². The minimum atomic E-state index is 0.650.